The predicted octanol–water partition coefficient (Wildman–Crippen LogP) is 2.55. The molecule has 1 amide bonds. The van der Waals surface area contributed by atoms with Crippen LogP contribution in [-0.4, -0.2) is 60.8 Å². The van der Waals surface area contributed by atoms with Crippen LogP contribution >= 0.6 is 0 Å². The molecule has 0 aliphatic carbocycles. The van der Waals surface area contributed by atoms with Crippen molar-refractivity contribution >= 4 is 23.8 Å². The number of nitrogens with zero attached hydrogens (tertiary/aromatic N) is 2. The van der Waals surface area contributed by atoms with Crippen LogP contribution in [0.2, 0.25) is 0 Å². The van der Waals surface area contributed by atoms with Crippen LogP contribution in [0.5, 0.6) is 0 Å². The van der Waals surface area contributed by atoms with Crippen LogP contribution in [-0.2, 0) is 9.59 Å². The Kier molecular flexibility index (Phi) is 10.6. The van der Waals surface area contributed by atoms with Crippen molar-refractivity contribution in [2.45, 2.75) is 32.7 Å². The fourth-order valence-electron chi connectivity index (χ4n) is 3.75. The van der Waals surface area contributed by atoms with E-state index in [0.29, 0.717) is 18.7 Å². The number of nitrogens with one attached hydrogen (secondary N) is 1. The Bertz CT molecular complexity index is 1040. The van der Waals surface area contributed by atoms with E-state index in [4.69, 9.17) is 0 Å². The molecule has 5 heteroatoms. The minimum absolute atomic E-state index is 0.164. The molecule has 0 saturated carbocycles. The molecule has 1 N–H and O–H groups in total. The summed E-state index contributed by atoms with van der Waals surface area (Å²) in [5.74, 6) is -0.577. The zero-order valence-electron chi connectivity index (χ0n) is 20.2. The lowest BCUT2D eigenvalue weighted by Crippen LogP contribution is -2.43. The number of likely N-dealkylation sites (N-methyl/N-ethyl adjacent to an activating group) is 1. The lowest BCUT2D eigenvalue weighted by atomic mass is 9.92. The summed E-state index contributed by atoms with van der Waals surface area (Å²) in [7, 11) is 2.04. The molecule has 1 atom stereocenters. The van der Waals surface area contributed by atoms with E-state index < -0.39 is 0 Å². The molecule has 1 heterocycles. The first kappa shape index (κ1) is 26.1. The molecule has 1 aliphatic rings. The molecule has 1 aromatic carbocycles. The molecule has 1 unspecified atom stereocenters. The minimum atomic E-state index is -0.337. The number of carbonyl (C=O) groups is 2. The van der Waals surface area contributed by atoms with Crippen LogP contribution in [0, 0.1) is 0 Å². The van der Waals surface area contributed by atoms with E-state index in [1.54, 1.807) is 24.4 Å². The summed E-state index contributed by atoms with van der Waals surface area (Å²) in [6.45, 7) is 14.4. The summed E-state index contributed by atoms with van der Waals surface area (Å²) in [4.78, 5) is 30.2. The maximum absolute atomic E-state index is 13.1. The van der Waals surface area contributed by atoms with Crippen LogP contribution in [0.15, 0.2) is 73.0 Å². The number of rotatable bonds is 11. The zero-order valence-corrected chi connectivity index (χ0v) is 20.2. The second-order valence-corrected chi connectivity index (χ2v) is 8.25. The quantitative estimate of drug-likeness (QED) is 0.418. The van der Waals surface area contributed by atoms with Gasteiger partial charge >= 0.3 is 0 Å². The first-order chi connectivity index (χ1) is 15.9. The van der Waals surface area contributed by atoms with Crippen LogP contribution < -0.4 is 15.8 Å². The Morgan fingerprint density at radius 1 is 1.15 bits per heavy atom. The van der Waals surface area contributed by atoms with E-state index in [-0.39, 0.29) is 23.3 Å². The molecule has 0 spiro atoms. The Morgan fingerprint density at radius 2 is 1.85 bits per heavy atom. The van der Waals surface area contributed by atoms with Gasteiger partial charge in [0.15, 0.2) is 5.78 Å². The second kappa shape index (κ2) is 13.4. The number of benzene rings is 1. The van der Waals surface area contributed by atoms with Gasteiger partial charge in [-0.15, -0.1) is 0 Å². The number of allylic oxidation sites excluding steroid dienone is 3. The van der Waals surface area contributed by atoms with E-state index in [0.717, 1.165) is 36.4 Å². The number of ketones is 1. The van der Waals surface area contributed by atoms with Gasteiger partial charge in [0.1, 0.15) is 5.57 Å². The third kappa shape index (κ3) is 7.43. The van der Waals surface area contributed by atoms with Crippen molar-refractivity contribution in [2.24, 2.45) is 0 Å². The van der Waals surface area contributed by atoms with Crippen molar-refractivity contribution in [1.82, 2.24) is 15.1 Å². The van der Waals surface area contributed by atoms with Crippen LogP contribution in [0.3, 0.4) is 0 Å². The molecule has 0 fully saturated rings. The second-order valence-electron chi connectivity index (χ2n) is 8.25. The van der Waals surface area contributed by atoms with Crippen LogP contribution in [0.1, 0.15) is 26.7 Å². The lowest BCUT2D eigenvalue weighted by Gasteiger charge is -2.33. The van der Waals surface area contributed by atoms with E-state index in [1.165, 1.54) is 0 Å². The third-order valence-corrected chi connectivity index (χ3v) is 5.78. The molecule has 0 aromatic heterocycles. The fourth-order valence-corrected chi connectivity index (χ4v) is 3.75. The average molecular weight is 448 g/mol. The van der Waals surface area contributed by atoms with Gasteiger partial charge in [-0.25, -0.2) is 0 Å². The van der Waals surface area contributed by atoms with E-state index in [9.17, 15) is 9.59 Å². The van der Waals surface area contributed by atoms with Crippen LogP contribution in [0.4, 0.5) is 0 Å². The normalized spacial score (nSPS) is 18.6. The van der Waals surface area contributed by atoms with E-state index in [2.05, 4.69) is 36.4 Å². The van der Waals surface area contributed by atoms with Gasteiger partial charge in [-0.05, 0) is 37.4 Å². The summed E-state index contributed by atoms with van der Waals surface area (Å²) in [6, 6.07) is 7.89. The van der Waals surface area contributed by atoms with Gasteiger partial charge in [-0.3, -0.25) is 9.59 Å². The van der Waals surface area contributed by atoms with Gasteiger partial charge in [0.25, 0.3) is 5.91 Å². The Hall–Kier alpha value is -3.18. The highest BCUT2D eigenvalue weighted by Gasteiger charge is 2.32. The summed E-state index contributed by atoms with van der Waals surface area (Å²) in [6.07, 6.45) is 13.1. The number of amides is 1. The smallest absolute Gasteiger partial charge is 0.256 e. The van der Waals surface area contributed by atoms with E-state index in [1.807, 2.05) is 49.2 Å². The maximum Gasteiger partial charge on any atom is 0.256 e. The first-order valence-corrected chi connectivity index (χ1v) is 11.6. The summed E-state index contributed by atoms with van der Waals surface area (Å²) in [5.41, 5.74) is 0.730. The number of hydrogen-bond donors (Lipinski definition) is 1. The molecule has 1 aliphatic heterocycles. The molecule has 0 radical (unpaired) electrons. The summed E-state index contributed by atoms with van der Waals surface area (Å²) >= 11 is 0. The molecule has 2 rings (SSSR count). The van der Waals surface area contributed by atoms with Crippen molar-refractivity contribution < 1.29 is 9.59 Å². The molecular formula is C28H37N3O2. The zero-order chi connectivity index (χ0) is 24.2. The predicted molar refractivity (Wildman–Crippen MR) is 138 cm³/mol. The van der Waals surface area contributed by atoms with Crippen molar-refractivity contribution in [2.75, 3.05) is 33.2 Å². The van der Waals surface area contributed by atoms with Gasteiger partial charge in [0.05, 0.1) is 6.04 Å². The average Bonchev–Trinajstić information content (AvgIpc) is 2.81. The fraction of sp³-hybridized carbons (Fsp3) is 0.357. The van der Waals surface area contributed by atoms with Crippen molar-refractivity contribution in [3.8, 4) is 0 Å². The largest absolute Gasteiger partial charge is 0.366 e. The summed E-state index contributed by atoms with van der Waals surface area (Å²) < 4.78 is 0. The highest BCUT2D eigenvalue weighted by atomic mass is 16.2. The van der Waals surface area contributed by atoms with Crippen molar-refractivity contribution in [3.05, 3.63) is 83.4 Å². The van der Waals surface area contributed by atoms with Crippen LogP contribution in [0.25, 0.3) is 12.2 Å². The highest BCUT2D eigenvalue weighted by molar-refractivity contribution is 6.26. The molecule has 1 aromatic rings. The van der Waals surface area contributed by atoms with Gasteiger partial charge in [-0.1, -0.05) is 81.1 Å². The Morgan fingerprint density at radius 3 is 2.52 bits per heavy atom. The summed E-state index contributed by atoms with van der Waals surface area (Å²) in [5, 5.41) is 5.06. The van der Waals surface area contributed by atoms with Crippen molar-refractivity contribution in [1.29, 1.82) is 0 Å². The molecular weight excluding hydrogens is 410 g/mol. The minimum Gasteiger partial charge on any atom is -0.366 e. The lowest BCUT2D eigenvalue weighted by molar-refractivity contribution is -0.121. The number of Topliss-reactive ketones (excluding diaryl/α,β-unsaturated/α-hetero) is 1. The number of carbonyl (C=O) groups excluding carboxylic acids is 2. The van der Waals surface area contributed by atoms with Gasteiger partial charge in [-0.2, -0.15) is 0 Å². The van der Waals surface area contributed by atoms with Gasteiger partial charge in [0.2, 0.25) is 0 Å². The van der Waals surface area contributed by atoms with E-state index >= 15 is 0 Å². The molecule has 33 heavy (non-hydrogen) atoms. The highest BCUT2D eigenvalue weighted by Crippen LogP contribution is 2.23. The van der Waals surface area contributed by atoms with Gasteiger partial charge < -0.3 is 15.1 Å². The Balaban J connectivity index is 2.25. The number of unbranched alkanes of at least 4 members (excludes halogenated alkanes) is 1. The molecule has 176 valence electrons. The first-order valence-electron chi connectivity index (χ1n) is 11.6. The number of hydrogen-bond acceptors (Lipinski definition) is 4. The molecule has 0 saturated heterocycles. The van der Waals surface area contributed by atoms with Crippen molar-refractivity contribution in [3.63, 3.8) is 0 Å². The Labute approximate surface area is 198 Å². The standard InChI is InChI=1S/C28H37N3O2/c1-6-9-18-30(5)20-17-29-28(33)26-21-31(22(4)25(13-8-3)27(26)32)19-16-24-15-11-10-14-23(24)12-7-2/h7-8,10-16,21-22H,2-3,6,9,17-20H2,1,4-5H3,(H,29,33)/b23-12-,24-16-,25-13+. The third-order valence-electron chi connectivity index (χ3n) is 5.78. The topological polar surface area (TPSA) is 52.7 Å². The maximum atomic E-state index is 13.1. The molecule has 0 bridgehead atoms. The SMILES string of the molecule is C=C/C=c1/cccc/c1=C/CN1C=C(C(=O)NCCN(C)CCCC)C(=O)/C(=C/C=C)C1C. The molecule has 5 nitrogen and oxygen atoms in total. The monoisotopic (exact) mass is 447 g/mol. The van der Waals surface area contributed by atoms with Gasteiger partial charge in [0, 0.05) is 31.4 Å².